The number of nitrogens with two attached hydrogens (primary N) is 3. The number of hydrogen-bond donors (Lipinski definition) is 7. The van der Waals surface area contributed by atoms with E-state index in [0.717, 1.165) is 11.1 Å². The largest absolute Gasteiger partial charge is 0.492 e. The SMILES string of the molecule is Cc1nc(-c2ccc(C(C)(C)C)cc2)ncc1C(=O)N[C@@H](CCN)C(=O)N(C)[C@H]1Cc2ccc(OCCN)c(c2)-c2cc(ccc2OCCN)C[C@@H](C(=O)NCC#N)NC(=O)[C@H](C)NC1=O. The van der Waals surface area contributed by atoms with E-state index in [2.05, 4.69) is 52.0 Å². The van der Waals surface area contributed by atoms with Crippen LogP contribution < -0.4 is 47.9 Å². The van der Waals surface area contributed by atoms with Gasteiger partial charge in [-0.3, -0.25) is 24.0 Å². The van der Waals surface area contributed by atoms with Gasteiger partial charge in [-0.15, -0.1) is 0 Å². The van der Waals surface area contributed by atoms with Gasteiger partial charge in [0.1, 0.15) is 55.4 Å². The lowest BCUT2D eigenvalue weighted by Gasteiger charge is -2.32. The van der Waals surface area contributed by atoms with E-state index >= 15 is 0 Å². The minimum atomic E-state index is -1.25. The summed E-state index contributed by atoms with van der Waals surface area (Å²) in [4.78, 5) is 80.2. The molecule has 3 aromatic carbocycles. The highest BCUT2D eigenvalue weighted by Crippen LogP contribution is 2.39. The van der Waals surface area contributed by atoms with Gasteiger partial charge in [-0.05, 0) is 73.2 Å². The van der Waals surface area contributed by atoms with Crippen molar-refractivity contribution >= 4 is 29.5 Å². The average Bonchev–Trinajstić information content (AvgIpc) is 3.29. The van der Waals surface area contributed by atoms with Crippen LogP contribution in [0, 0.1) is 18.3 Å². The van der Waals surface area contributed by atoms with Gasteiger partial charge < -0.3 is 52.8 Å². The molecular formula is C48H61N11O7. The van der Waals surface area contributed by atoms with E-state index in [-0.39, 0.29) is 69.6 Å². The van der Waals surface area contributed by atoms with Crippen LogP contribution in [-0.2, 0) is 37.4 Å². The van der Waals surface area contributed by atoms with Gasteiger partial charge in [0, 0.05) is 55.9 Å². The Morgan fingerprint density at radius 1 is 0.894 bits per heavy atom. The van der Waals surface area contributed by atoms with Crippen LogP contribution in [0.25, 0.3) is 22.5 Å². The molecule has 0 saturated heterocycles. The highest BCUT2D eigenvalue weighted by atomic mass is 16.5. The summed E-state index contributed by atoms with van der Waals surface area (Å²) < 4.78 is 12.2. The number of aromatic nitrogens is 2. The van der Waals surface area contributed by atoms with E-state index in [1.807, 2.05) is 36.4 Å². The molecule has 0 fully saturated rings. The van der Waals surface area contributed by atoms with Gasteiger partial charge in [-0.1, -0.05) is 57.2 Å². The Bertz CT molecular complexity index is 2430. The Morgan fingerprint density at radius 3 is 2.05 bits per heavy atom. The summed E-state index contributed by atoms with van der Waals surface area (Å²) in [6.45, 7) is 10.0. The second kappa shape index (κ2) is 22.8. The minimum absolute atomic E-state index is 0.00186. The summed E-state index contributed by atoms with van der Waals surface area (Å²) in [6, 6.07) is 15.6. The van der Waals surface area contributed by atoms with Crippen LogP contribution in [0.3, 0.4) is 0 Å². The van der Waals surface area contributed by atoms with Crippen molar-refractivity contribution in [2.75, 3.05) is 46.4 Å². The zero-order valence-corrected chi connectivity index (χ0v) is 38.4. The first-order valence-electron chi connectivity index (χ1n) is 21.9. The minimum Gasteiger partial charge on any atom is -0.492 e. The van der Waals surface area contributed by atoms with Gasteiger partial charge in [0.25, 0.3) is 5.91 Å². The lowest BCUT2D eigenvalue weighted by molar-refractivity contribution is -0.141. The van der Waals surface area contributed by atoms with E-state index in [0.29, 0.717) is 45.3 Å². The number of carbonyl (C=O) groups is 5. The Hall–Kier alpha value is -6.94. The second-order valence-corrected chi connectivity index (χ2v) is 17.1. The third kappa shape index (κ3) is 12.7. The number of nitrogens with zero attached hydrogens (tertiary/aromatic N) is 4. The number of nitriles is 1. The molecule has 0 saturated carbocycles. The maximum Gasteiger partial charge on any atom is 0.255 e. The van der Waals surface area contributed by atoms with Crippen LogP contribution >= 0.6 is 0 Å². The predicted molar refractivity (Wildman–Crippen MR) is 249 cm³/mol. The molecule has 0 aliphatic carbocycles. The summed E-state index contributed by atoms with van der Waals surface area (Å²) in [5, 5.41) is 19.9. The van der Waals surface area contributed by atoms with Gasteiger partial charge in [-0.25, -0.2) is 9.97 Å². The number of benzene rings is 3. The molecule has 5 amide bonds. The molecule has 5 rings (SSSR count). The predicted octanol–water partition coefficient (Wildman–Crippen LogP) is 1.79. The zero-order chi connectivity index (χ0) is 48.1. The van der Waals surface area contributed by atoms with E-state index in [9.17, 15) is 29.2 Å². The molecule has 350 valence electrons. The lowest BCUT2D eigenvalue weighted by Crippen LogP contribution is -2.58. The topological polar surface area (TPSA) is 283 Å². The number of hydrogen-bond acceptors (Lipinski definition) is 13. The molecule has 4 aromatic rings. The molecule has 18 heteroatoms. The zero-order valence-electron chi connectivity index (χ0n) is 38.4. The number of likely N-dealkylation sites (N-methyl/N-ethyl adjacent to an activating group) is 1. The fraction of sp³-hybridized carbons (Fsp3) is 0.417. The van der Waals surface area contributed by atoms with Gasteiger partial charge >= 0.3 is 0 Å². The molecule has 1 aliphatic heterocycles. The third-order valence-electron chi connectivity index (χ3n) is 11.1. The summed E-state index contributed by atoms with van der Waals surface area (Å²) in [7, 11) is 1.44. The molecule has 18 nitrogen and oxygen atoms in total. The number of ether oxygens (including phenoxy) is 2. The summed E-state index contributed by atoms with van der Waals surface area (Å²) in [5.41, 5.74) is 22.4. The molecule has 2 heterocycles. The van der Waals surface area contributed by atoms with Crippen molar-refractivity contribution in [2.45, 2.75) is 83.5 Å². The van der Waals surface area contributed by atoms with Crippen molar-refractivity contribution in [2.24, 2.45) is 17.2 Å². The molecule has 4 bridgehead atoms. The average molecular weight is 904 g/mol. The molecule has 0 spiro atoms. The maximum absolute atomic E-state index is 14.5. The van der Waals surface area contributed by atoms with Crippen LogP contribution in [0.1, 0.15) is 66.9 Å². The molecule has 0 unspecified atom stereocenters. The summed E-state index contributed by atoms with van der Waals surface area (Å²) in [6.07, 6.45) is 1.38. The van der Waals surface area contributed by atoms with Gasteiger partial charge in [0.15, 0.2) is 5.82 Å². The lowest BCUT2D eigenvalue weighted by atomic mass is 9.87. The monoisotopic (exact) mass is 903 g/mol. The van der Waals surface area contributed by atoms with Gasteiger partial charge in [0.05, 0.1) is 17.3 Å². The maximum atomic E-state index is 14.5. The fourth-order valence-electron chi connectivity index (χ4n) is 7.42. The molecule has 66 heavy (non-hydrogen) atoms. The quantitative estimate of drug-likeness (QED) is 0.0840. The Balaban J connectivity index is 1.52. The Morgan fingerprint density at radius 2 is 1.50 bits per heavy atom. The van der Waals surface area contributed by atoms with E-state index in [1.54, 1.807) is 37.3 Å². The molecule has 1 aromatic heterocycles. The number of fused-ring (bicyclic) bond motifs is 5. The van der Waals surface area contributed by atoms with Crippen LogP contribution in [0.4, 0.5) is 0 Å². The molecular weight excluding hydrogens is 843 g/mol. The van der Waals surface area contributed by atoms with Crippen molar-refractivity contribution in [1.82, 2.24) is 36.1 Å². The van der Waals surface area contributed by atoms with Gasteiger partial charge in [0.2, 0.25) is 23.6 Å². The normalized spacial score (nSPS) is 16.8. The standard InChI is InChI=1S/C48H61N11O7/c1-28-36(27-54-42(55-28)32-9-11-33(12-10-32)48(3,4)5)44(61)57-37(15-16-49)47(64)59(6)39-26-31-8-14-41(66-22-19-52)35(24-31)34-23-30(7-13-40(34)65-21-18-51)25-38(45(62)53-20-17-50)58-43(60)29(2)56-46(39)63/h7-14,23-24,27,29,37-39H,15-16,18-22,25-26,49,51-52H2,1-6H3,(H,53,62)(H,56,63)(H,57,61)(H,58,60)/t29-,37-,38-,39-/m0/s1. The highest BCUT2D eigenvalue weighted by molar-refractivity contribution is 5.99. The number of carbonyl (C=O) groups excluding carboxylic acids is 5. The van der Waals surface area contributed by atoms with Crippen molar-refractivity contribution in [3.63, 3.8) is 0 Å². The van der Waals surface area contributed by atoms with Crippen molar-refractivity contribution in [3.8, 4) is 40.1 Å². The Labute approximate surface area is 385 Å². The second-order valence-electron chi connectivity index (χ2n) is 17.1. The number of amides is 5. The van der Waals surface area contributed by atoms with Gasteiger partial charge in [-0.2, -0.15) is 5.26 Å². The van der Waals surface area contributed by atoms with Crippen LogP contribution in [0.15, 0.2) is 66.9 Å². The number of rotatable bonds is 15. The Kier molecular flexibility index (Phi) is 17.3. The van der Waals surface area contributed by atoms with Crippen molar-refractivity contribution < 1.29 is 33.4 Å². The first kappa shape index (κ1) is 50.1. The number of aryl methyl sites for hydroxylation is 1. The third-order valence-corrected chi connectivity index (χ3v) is 11.1. The summed E-state index contributed by atoms with van der Waals surface area (Å²) in [5.74, 6) is -1.92. The van der Waals surface area contributed by atoms with Crippen molar-refractivity contribution in [3.05, 3.63) is 94.8 Å². The van der Waals surface area contributed by atoms with E-state index in [1.165, 1.54) is 25.1 Å². The highest BCUT2D eigenvalue weighted by Gasteiger charge is 2.35. The molecule has 10 N–H and O–H groups in total. The first-order valence-corrected chi connectivity index (χ1v) is 21.9. The fourth-order valence-corrected chi connectivity index (χ4v) is 7.42. The van der Waals surface area contributed by atoms with E-state index in [4.69, 9.17) is 26.7 Å². The molecule has 1 aliphatic rings. The van der Waals surface area contributed by atoms with Crippen molar-refractivity contribution in [1.29, 1.82) is 5.26 Å². The first-order chi connectivity index (χ1) is 31.5. The van der Waals surface area contributed by atoms with Crippen LogP contribution in [0.5, 0.6) is 11.5 Å². The van der Waals surface area contributed by atoms with E-state index < -0.39 is 53.7 Å². The van der Waals surface area contributed by atoms with Crippen LogP contribution in [0.2, 0.25) is 0 Å². The number of nitrogens with one attached hydrogen (secondary N) is 4. The molecule has 0 radical (unpaired) electrons. The summed E-state index contributed by atoms with van der Waals surface area (Å²) >= 11 is 0. The molecule has 4 atom stereocenters. The smallest absolute Gasteiger partial charge is 0.255 e. The van der Waals surface area contributed by atoms with Crippen LogP contribution in [-0.4, -0.2) is 115 Å².